The van der Waals surface area contributed by atoms with Crippen LogP contribution in [0.5, 0.6) is 0 Å². The summed E-state index contributed by atoms with van der Waals surface area (Å²) in [5, 5.41) is 5.00. The summed E-state index contributed by atoms with van der Waals surface area (Å²) in [6.07, 6.45) is -4.39. The molecule has 0 bridgehead atoms. The van der Waals surface area contributed by atoms with Crippen LogP contribution >= 0.6 is 43.2 Å². The smallest absolute Gasteiger partial charge is 0.306 e. The van der Waals surface area contributed by atoms with Gasteiger partial charge in [0.25, 0.3) is 0 Å². The molecule has 1 atom stereocenters. The van der Waals surface area contributed by atoms with Crippen molar-refractivity contribution < 1.29 is 13.2 Å². The molecule has 0 amide bonds. The van der Waals surface area contributed by atoms with E-state index in [2.05, 4.69) is 37.2 Å². The standard InChI is InChI=1S/C14H12Br2F3NS/c1-2-20-12(13-11(16)5-6-21-13)9-4-3-8(15)7-10(9)14(17,18)19/h3-7,12,20H,2H2,1H3. The molecule has 1 unspecified atom stereocenters. The number of benzene rings is 1. The first kappa shape index (κ1) is 17.0. The van der Waals surface area contributed by atoms with Crippen molar-refractivity contribution in [3.8, 4) is 0 Å². The van der Waals surface area contributed by atoms with Crippen molar-refractivity contribution in [1.82, 2.24) is 5.32 Å². The number of alkyl halides is 3. The zero-order valence-corrected chi connectivity index (χ0v) is 15.0. The molecule has 21 heavy (non-hydrogen) atoms. The van der Waals surface area contributed by atoms with Crippen LogP contribution in [0.2, 0.25) is 0 Å². The van der Waals surface area contributed by atoms with Crippen LogP contribution in [-0.2, 0) is 6.18 Å². The Morgan fingerprint density at radius 3 is 2.48 bits per heavy atom. The van der Waals surface area contributed by atoms with Crippen LogP contribution in [0.1, 0.15) is 29.0 Å². The Hall–Kier alpha value is -0.370. The monoisotopic (exact) mass is 441 g/mol. The number of nitrogens with one attached hydrogen (secondary N) is 1. The average molecular weight is 443 g/mol. The van der Waals surface area contributed by atoms with E-state index in [1.165, 1.54) is 17.4 Å². The van der Waals surface area contributed by atoms with Gasteiger partial charge in [-0.15, -0.1) is 11.3 Å². The summed E-state index contributed by atoms with van der Waals surface area (Å²) in [6.45, 7) is 2.45. The van der Waals surface area contributed by atoms with Crippen LogP contribution in [0.3, 0.4) is 0 Å². The molecule has 7 heteroatoms. The molecule has 1 heterocycles. The Kier molecular flexibility index (Phi) is 5.51. The Bertz CT molecular complexity index is 625. The van der Waals surface area contributed by atoms with E-state index >= 15 is 0 Å². The maximum absolute atomic E-state index is 13.3. The Labute approximate surface area is 141 Å². The molecule has 0 aliphatic carbocycles. The minimum atomic E-state index is -4.39. The van der Waals surface area contributed by atoms with Gasteiger partial charge in [0, 0.05) is 13.8 Å². The maximum Gasteiger partial charge on any atom is 0.416 e. The SMILES string of the molecule is CCNC(c1ccc(Br)cc1C(F)(F)F)c1sccc1Br. The molecule has 0 spiro atoms. The predicted molar refractivity (Wildman–Crippen MR) is 86.7 cm³/mol. The van der Waals surface area contributed by atoms with Gasteiger partial charge in [0.1, 0.15) is 0 Å². The second-order valence-electron chi connectivity index (χ2n) is 4.35. The molecule has 2 aromatic rings. The van der Waals surface area contributed by atoms with E-state index in [-0.39, 0.29) is 5.56 Å². The summed E-state index contributed by atoms with van der Waals surface area (Å²) in [4.78, 5) is 0.838. The lowest BCUT2D eigenvalue weighted by atomic mass is 9.98. The molecule has 0 saturated heterocycles. The molecule has 0 aliphatic rings. The third-order valence-electron chi connectivity index (χ3n) is 2.95. The first-order valence-corrected chi connectivity index (χ1v) is 8.64. The highest BCUT2D eigenvalue weighted by molar-refractivity contribution is 9.10. The molecule has 2 rings (SSSR count). The van der Waals surface area contributed by atoms with Crippen molar-refractivity contribution >= 4 is 43.2 Å². The zero-order chi connectivity index (χ0) is 15.6. The number of rotatable bonds is 4. The molecule has 114 valence electrons. The highest BCUT2D eigenvalue weighted by Gasteiger charge is 2.36. The van der Waals surface area contributed by atoms with Crippen LogP contribution in [0.15, 0.2) is 38.6 Å². The molecule has 0 aliphatic heterocycles. The average Bonchev–Trinajstić information content (AvgIpc) is 2.81. The van der Waals surface area contributed by atoms with E-state index in [1.54, 1.807) is 6.07 Å². The molecule has 0 saturated carbocycles. The molecule has 1 N–H and O–H groups in total. The summed E-state index contributed by atoms with van der Waals surface area (Å²) in [6, 6.07) is 5.63. The van der Waals surface area contributed by atoms with E-state index in [0.29, 0.717) is 11.0 Å². The Balaban J connectivity index is 2.58. The number of hydrogen-bond acceptors (Lipinski definition) is 2. The Morgan fingerprint density at radius 2 is 1.95 bits per heavy atom. The maximum atomic E-state index is 13.3. The highest BCUT2D eigenvalue weighted by Crippen LogP contribution is 2.40. The summed E-state index contributed by atoms with van der Waals surface area (Å²) in [5.41, 5.74) is -0.390. The van der Waals surface area contributed by atoms with Crippen molar-refractivity contribution in [2.75, 3.05) is 6.54 Å². The fourth-order valence-electron chi connectivity index (χ4n) is 2.09. The second-order valence-corrected chi connectivity index (χ2v) is 7.07. The van der Waals surface area contributed by atoms with Gasteiger partial charge in [0.2, 0.25) is 0 Å². The molecular formula is C14H12Br2F3NS. The van der Waals surface area contributed by atoms with Gasteiger partial charge in [0.15, 0.2) is 0 Å². The molecule has 0 fully saturated rings. The van der Waals surface area contributed by atoms with Crippen molar-refractivity contribution in [3.63, 3.8) is 0 Å². The van der Waals surface area contributed by atoms with Crippen LogP contribution in [0, 0.1) is 0 Å². The third kappa shape index (κ3) is 3.88. The summed E-state index contributed by atoms with van der Waals surface area (Å²) < 4.78 is 41.2. The van der Waals surface area contributed by atoms with Gasteiger partial charge in [-0.25, -0.2) is 0 Å². The predicted octanol–water partition coefficient (Wildman–Crippen LogP) is 5.99. The lowest BCUT2D eigenvalue weighted by Gasteiger charge is -2.22. The molecule has 0 radical (unpaired) electrons. The van der Waals surface area contributed by atoms with E-state index < -0.39 is 17.8 Å². The van der Waals surface area contributed by atoms with Gasteiger partial charge in [-0.2, -0.15) is 13.2 Å². The summed E-state index contributed by atoms with van der Waals surface area (Å²) >= 11 is 7.94. The van der Waals surface area contributed by atoms with Gasteiger partial charge >= 0.3 is 6.18 Å². The molecule has 1 aromatic carbocycles. The fourth-order valence-corrected chi connectivity index (χ4v) is 4.14. The van der Waals surface area contributed by atoms with Crippen molar-refractivity contribution in [1.29, 1.82) is 0 Å². The summed E-state index contributed by atoms with van der Waals surface area (Å²) in [7, 11) is 0. The lowest BCUT2D eigenvalue weighted by Crippen LogP contribution is -2.24. The molecule has 1 aromatic heterocycles. The fraction of sp³-hybridized carbons (Fsp3) is 0.286. The zero-order valence-electron chi connectivity index (χ0n) is 11.0. The quantitative estimate of drug-likeness (QED) is 0.613. The number of halogens is 5. The first-order valence-electron chi connectivity index (χ1n) is 6.17. The van der Waals surface area contributed by atoms with Gasteiger partial charge in [-0.05, 0) is 51.6 Å². The van der Waals surface area contributed by atoms with Gasteiger partial charge in [-0.1, -0.05) is 28.9 Å². The second kappa shape index (κ2) is 6.81. The lowest BCUT2D eigenvalue weighted by molar-refractivity contribution is -0.138. The van der Waals surface area contributed by atoms with Crippen LogP contribution in [0.4, 0.5) is 13.2 Å². The van der Waals surface area contributed by atoms with Crippen LogP contribution in [-0.4, -0.2) is 6.54 Å². The van der Waals surface area contributed by atoms with Crippen LogP contribution in [0.25, 0.3) is 0 Å². The van der Waals surface area contributed by atoms with E-state index in [0.717, 1.165) is 15.4 Å². The number of hydrogen-bond donors (Lipinski definition) is 1. The molecular weight excluding hydrogens is 431 g/mol. The van der Waals surface area contributed by atoms with Crippen LogP contribution < -0.4 is 5.32 Å². The highest BCUT2D eigenvalue weighted by atomic mass is 79.9. The third-order valence-corrected chi connectivity index (χ3v) is 5.38. The molecule has 1 nitrogen and oxygen atoms in total. The largest absolute Gasteiger partial charge is 0.416 e. The normalized spacial score (nSPS) is 13.4. The van der Waals surface area contributed by atoms with Gasteiger partial charge in [0.05, 0.1) is 11.6 Å². The first-order chi connectivity index (χ1) is 9.84. The van der Waals surface area contributed by atoms with Crippen molar-refractivity contribution in [3.05, 3.63) is 54.6 Å². The summed E-state index contributed by atoms with van der Waals surface area (Å²) in [5.74, 6) is 0. The van der Waals surface area contributed by atoms with E-state index in [9.17, 15) is 13.2 Å². The Morgan fingerprint density at radius 1 is 1.24 bits per heavy atom. The van der Waals surface area contributed by atoms with E-state index in [4.69, 9.17) is 0 Å². The minimum Gasteiger partial charge on any atom is -0.306 e. The minimum absolute atomic E-state index is 0.232. The van der Waals surface area contributed by atoms with E-state index in [1.807, 2.05) is 18.4 Å². The topological polar surface area (TPSA) is 12.0 Å². The van der Waals surface area contributed by atoms with Crippen molar-refractivity contribution in [2.45, 2.75) is 19.1 Å². The van der Waals surface area contributed by atoms with Gasteiger partial charge in [-0.3, -0.25) is 0 Å². The van der Waals surface area contributed by atoms with Gasteiger partial charge < -0.3 is 5.32 Å². The van der Waals surface area contributed by atoms with Crippen molar-refractivity contribution in [2.24, 2.45) is 0 Å². The number of thiophene rings is 1.